The monoisotopic (exact) mass is 396 g/mol. The first-order valence-electron chi connectivity index (χ1n) is 9.16. The smallest absolute Gasteiger partial charge is 0.114 e. The van der Waals surface area contributed by atoms with Crippen LogP contribution in [0.2, 0.25) is 0 Å². The Morgan fingerprint density at radius 3 is 1.67 bits per heavy atom. The van der Waals surface area contributed by atoms with Crippen molar-refractivity contribution in [3.63, 3.8) is 0 Å². The molecule has 2 aliphatic heterocycles. The predicted octanol–water partition coefficient (Wildman–Crippen LogP) is -2.59. The van der Waals surface area contributed by atoms with E-state index in [0.29, 0.717) is 6.42 Å². The first-order valence-corrected chi connectivity index (χ1v) is 9.16. The van der Waals surface area contributed by atoms with Gasteiger partial charge >= 0.3 is 0 Å². The van der Waals surface area contributed by atoms with Gasteiger partial charge in [-0.25, -0.2) is 0 Å². The summed E-state index contributed by atoms with van der Waals surface area (Å²) in [5.41, 5.74) is 0. The van der Waals surface area contributed by atoms with Gasteiger partial charge in [-0.05, 0) is 6.42 Å². The van der Waals surface area contributed by atoms with Gasteiger partial charge in [-0.3, -0.25) is 0 Å². The molecule has 2 heterocycles. The van der Waals surface area contributed by atoms with Gasteiger partial charge in [0.15, 0.2) is 0 Å². The maximum Gasteiger partial charge on any atom is 0.114 e. The molecule has 5 N–H and O–H groups in total. The fourth-order valence-electron chi connectivity index (χ4n) is 3.53. The highest BCUT2D eigenvalue weighted by atomic mass is 16.6. The molecule has 0 saturated carbocycles. The Labute approximate surface area is 158 Å². The van der Waals surface area contributed by atoms with Crippen LogP contribution in [0.3, 0.4) is 0 Å². The highest BCUT2D eigenvalue weighted by Gasteiger charge is 2.46. The Bertz CT molecular complexity index is 436. The molecule has 0 amide bonds. The molecule has 0 aromatic carbocycles. The number of hydrogen-bond acceptors (Lipinski definition) is 10. The van der Waals surface area contributed by atoms with Crippen LogP contribution in [-0.4, -0.2) is 121 Å². The molecule has 2 rings (SSSR count). The summed E-state index contributed by atoms with van der Waals surface area (Å²) in [7, 11) is 2.86. The lowest BCUT2D eigenvalue weighted by molar-refractivity contribution is -0.256. The van der Waals surface area contributed by atoms with Gasteiger partial charge in [0, 0.05) is 14.2 Å². The average molecular weight is 396 g/mol. The maximum atomic E-state index is 10.3. The summed E-state index contributed by atoms with van der Waals surface area (Å²) >= 11 is 0. The van der Waals surface area contributed by atoms with Gasteiger partial charge in [0.05, 0.1) is 25.9 Å². The molecule has 2 saturated heterocycles. The van der Waals surface area contributed by atoms with Crippen LogP contribution >= 0.6 is 0 Å². The Morgan fingerprint density at radius 2 is 1.15 bits per heavy atom. The Hall–Kier alpha value is -0.400. The van der Waals surface area contributed by atoms with Crippen LogP contribution in [0.4, 0.5) is 0 Å². The van der Waals surface area contributed by atoms with E-state index >= 15 is 0 Å². The van der Waals surface area contributed by atoms with Gasteiger partial charge in [0.2, 0.25) is 0 Å². The van der Waals surface area contributed by atoms with E-state index in [2.05, 4.69) is 0 Å². The molecule has 0 unspecified atom stereocenters. The molecule has 0 spiro atoms. The second kappa shape index (κ2) is 10.4. The lowest BCUT2D eigenvalue weighted by atomic mass is 9.94. The first-order chi connectivity index (χ1) is 12.8. The van der Waals surface area contributed by atoms with Gasteiger partial charge < -0.3 is 49.2 Å². The lowest BCUT2D eigenvalue weighted by Crippen LogP contribution is -2.61. The molecule has 0 aromatic heterocycles. The normalized spacial score (nSPS) is 45.8. The van der Waals surface area contributed by atoms with E-state index < -0.39 is 61.0 Å². The number of ether oxygens (including phenoxy) is 5. The Kier molecular flexibility index (Phi) is 8.81. The molecule has 0 aliphatic carbocycles. The Morgan fingerprint density at radius 1 is 0.667 bits per heavy atom. The number of aliphatic hydroxyl groups is 5. The van der Waals surface area contributed by atoms with E-state index in [1.807, 2.05) is 0 Å². The van der Waals surface area contributed by atoms with Gasteiger partial charge in [-0.1, -0.05) is 6.92 Å². The van der Waals surface area contributed by atoms with Crippen molar-refractivity contribution in [3.8, 4) is 0 Å². The topological polar surface area (TPSA) is 147 Å². The number of rotatable bonds is 8. The summed E-state index contributed by atoms with van der Waals surface area (Å²) in [5, 5.41) is 50.4. The number of aliphatic hydroxyl groups excluding tert-OH is 5. The van der Waals surface area contributed by atoms with Crippen LogP contribution in [0.25, 0.3) is 0 Å². The van der Waals surface area contributed by atoms with E-state index in [9.17, 15) is 25.5 Å². The summed E-state index contributed by atoms with van der Waals surface area (Å²) in [6.45, 7) is 1.81. The SMILES string of the molecule is CC[C@H]1O[C@H](COC[C@H]2O[C@H](COC)[C@@H](O)[C@H](OC)[C@H]2O)[C@@H](O)[C@H](O)[C@H]1O. The highest BCUT2D eigenvalue weighted by Crippen LogP contribution is 2.26. The fourth-order valence-corrected chi connectivity index (χ4v) is 3.53. The number of hydrogen-bond donors (Lipinski definition) is 5. The van der Waals surface area contributed by atoms with Crippen molar-refractivity contribution in [1.82, 2.24) is 0 Å². The van der Waals surface area contributed by atoms with Crippen LogP contribution in [0.5, 0.6) is 0 Å². The van der Waals surface area contributed by atoms with Crippen LogP contribution in [0.1, 0.15) is 13.3 Å². The minimum Gasteiger partial charge on any atom is -0.388 e. The zero-order valence-electron chi connectivity index (χ0n) is 15.9. The summed E-state index contributed by atoms with van der Waals surface area (Å²) in [5.74, 6) is 0. The molecule has 2 fully saturated rings. The van der Waals surface area contributed by atoms with Gasteiger partial charge in [0.1, 0.15) is 54.9 Å². The second-order valence-electron chi connectivity index (χ2n) is 6.98. The van der Waals surface area contributed by atoms with Gasteiger partial charge in [-0.15, -0.1) is 0 Å². The van der Waals surface area contributed by atoms with E-state index in [4.69, 9.17) is 23.7 Å². The summed E-state index contributed by atoms with van der Waals surface area (Å²) in [4.78, 5) is 0. The van der Waals surface area contributed by atoms with Crippen LogP contribution in [-0.2, 0) is 23.7 Å². The molecule has 0 aromatic rings. The molecular weight excluding hydrogens is 364 g/mol. The van der Waals surface area contributed by atoms with Crippen molar-refractivity contribution in [1.29, 1.82) is 0 Å². The van der Waals surface area contributed by atoms with Crippen LogP contribution in [0.15, 0.2) is 0 Å². The van der Waals surface area contributed by atoms with Crippen LogP contribution < -0.4 is 0 Å². The zero-order chi connectivity index (χ0) is 20.1. The van der Waals surface area contributed by atoms with Crippen molar-refractivity contribution in [3.05, 3.63) is 0 Å². The van der Waals surface area contributed by atoms with E-state index in [0.717, 1.165) is 0 Å². The van der Waals surface area contributed by atoms with E-state index in [-0.39, 0.29) is 19.8 Å². The number of methoxy groups -OCH3 is 2. The third-order valence-electron chi connectivity index (χ3n) is 5.17. The summed E-state index contributed by atoms with van der Waals surface area (Å²) < 4.78 is 27.0. The third kappa shape index (κ3) is 5.15. The molecule has 0 bridgehead atoms. The molecule has 10 heteroatoms. The molecule has 10 atom stereocenters. The van der Waals surface area contributed by atoms with Crippen LogP contribution in [0, 0.1) is 0 Å². The molecule has 2 aliphatic rings. The highest BCUT2D eigenvalue weighted by molar-refractivity contribution is 4.94. The molecule has 27 heavy (non-hydrogen) atoms. The minimum absolute atomic E-state index is 0.0457. The third-order valence-corrected chi connectivity index (χ3v) is 5.17. The van der Waals surface area contributed by atoms with Crippen molar-refractivity contribution in [2.24, 2.45) is 0 Å². The van der Waals surface area contributed by atoms with Crippen molar-refractivity contribution >= 4 is 0 Å². The molecule has 160 valence electrons. The lowest BCUT2D eigenvalue weighted by Gasteiger charge is -2.42. The summed E-state index contributed by atoms with van der Waals surface area (Å²) in [6, 6.07) is 0. The largest absolute Gasteiger partial charge is 0.388 e. The standard InChI is InChI=1S/C17H32O10/c1-4-8-12(18)16(22)13(19)10(26-8)6-25-7-11-15(21)17(24-3)14(20)9(27-11)5-23-2/h8-22H,4-7H2,1-3H3/t8-,9-,10-,11-,12+,13-,14-,15+,16-,17+/m1/s1. The Balaban J connectivity index is 1.91. The fraction of sp³-hybridized carbons (Fsp3) is 1.00. The molecule has 0 radical (unpaired) electrons. The van der Waals surface area contributed by atoms with Crippen molar-refractivity contribution < 1.29 is 49.2 Å². The first kappa shape index (κ1) is 22.9. The quantitative estimate of drug-likeness (QED) is 0.296. The van der Waals surface area contributed by atoms with Gasteiger partial charge in [-0.2, -0.15) is 0 Å². The van der Waals surface area contributed by atoms with Crippen molar-refractivity contribution in [2.45, 2.75) is 74.4 Å². The van der Waals surface area contributed by atoms with Gasteiger partial charge in [0.25, 0.3) is 0 Å². The molecule has 10 nitrogen and oxygen atoms in total. The van der Waals surface area contributed by atoms with Crippen molar-refractivity contribution in [2.75, 3.05) is 34.0 Å². The minimum atomic E-state index is -1.33. The maximum absolute atomic E-state index is 10.3. The second-order valence-corrected chi connectivity index (χ2v) is 6.98. The van der Waals surface area contributed by atoms with E-state index in [1.54, 1.807) is 6.92 Å². The molecular formula is C17H32O10. The predicted molar refractivity (Wildman–Crippen MR) is 91.1 cm³/mol. The zero-order valence-corrected chi connectivity index (χ0v) is 15.9. The van der Waals surface area contributed by atoms with E-state index in [1.165, 1.54) is 14.2 Å². The summed E-state index contributed by atoms with van der Waals surface area (Å²) in [6.07, 6.45) is -9.24. The average Bonchev–Trinajstić information content (AvgIpc) is 2.65.